The lowest BCUT2D eigenvalue weighted by atomic mass is 9.70. The summed E-state index contributed by atoms with van der Waals surface area (Å²) in [7, 11) is 1.49. The molecule has 0 N–H and O–H groups in total. The first-order chi connectivity index (χ1) is 7.91. The molecule has 0 aromatic rings. The Bertz CT molecular complexity index is 359. The van der Waals surface area contributed by atoms with E-state index in [0.717, 1.165) is 25.7 Å². The predicted molar refractivity (Wildman–Crippen MR) is 70.7 cm³/mol. The van der Waals surface area contributed by atoms with E-state index in [2.05, 4.69) is 33.8 Å². The molecule has 0 amide bonds. The second-order valence-corrected chi connectivity index (χ2v) is 5.49. The van der Waals surface area contributed by atoms with E-state index in [4.69, 9.17) is 4.74 Å². The van der Waals surface area contributed by atoms with Crippen LogP contribution in [-0.2, 0) is 9.53 Å². The Morgan fingerprint density at radius 2 is 2.00 bits per heavy atom. The van der Waals surface area contributed by atoms with Gasteiger partial charge in [0, 0.05) is 0 Å². The number of carbonyl (C=O) groups excluding carboxylic acids is 1. The summed E-state index contributed by atoms with van der Waals surface area (Å²) in [5.41, 5.74) is 3.72. The molecule has 17 heavy (non-hydrogen) atoms. The fourth-order valence-corrected chi connectivity index (χ4v) is 2.43. The minimum atomic E-state index is -0.324. The molecule has 1 rings (SSSR count). The number of methoxy groups -OCH3 is 1. The van der Waals surface area contributed by atoms with Crippen LogP contribution in [0.15, 0.2) is 22.8 Å². The van der Waals surface area contributed by atoms with Crippen molar-refractivity contribution in [1.82, 2.24) is 0 Å². The van der Waals surface area contributed by atoms with Gasteiger partial charge < -0.3 is 4.74 Å². The maximum absolute atomic E-state index is 12.1. The van der Waals surface area contributed by atoms with Crippen molar-refractivity contribution in [3.8, 4) is 0 Å². The van der Waals surface area contributed by atoms with Crippen LogP contribution in [0.25, 0.3) is 0 Å². The normalized spacial score (nSPS) is 24.5. The van der Waals surface area contributed by atoms with Gasteiger partial charge in [-0.1, -0.05) is 22.8 Å². The zero-order valence-corrected chi connectivity index (χ0v) is 11.7. The van der Waals surface area contributed by atoms with Gasteiger partial charge in [0.1, 0.15) is 0 Å². The molecule has 2 heteroatoms. The van der Waals surface area contributed by atoms with Crippen LogP contribution in [0.2, 0.25) is 0 Å². The summed E-state index contributed by atoms with van der Waals surface area (Å²) in [5, 5.41) is 0. The van der Waals surface area contributed by atoms with E-state index in [0.29, 0.717) is 0 Å². The zero-order valence-electron chi connectivity index (χ0n) is 11.7. The summed E-state index contributed by atoms with van der Waals surface area (Å²) in [6.45, 7) is 8.44. The first kappa shape index (κ1) is 14.0. The lowest BCUT2D eigenvalue weighted by molar-refractivity contribution is -0.153. The van der Waals surface area contributed by atoms with Crippen LogP contribution in [-0.4, -0.2) is 13.1 Å². The number of rotatable bonds is 3. The highest BCUT2D eigenvalue weighted by molar-refractivity contribution is 5.77. The van der Waals surface area contributed by atoms with Crippen molar-refractivity contribution in [3.63, 3.8) is 0 Å². The van der Waals surface area contributed by atoms with E-state index in [1.54, 1.807) is 0 Å². The summed E-state index contributed by atoms with van der Waals surface area (Å²) in [6, 6.07) is 0. The number of hydrogen-bond donors (Lipinski definition) is 0. The molecular weight excluding hydrogens is 212 g/mol. The van der Waals surface area contributed by atoms with E-state index < -0.39 is 0 Å². The van der Waals surface area contributed by atoms with Gasteiger partial charge in [-0.05, 0) is 53.4 Å². The van der Waals surface area contributed by atoms with Crippen LogP contribution in [0, 0.1) is 5.41 Å². The third-order valence-electron chi connectivity index (χ3n) is 3.83. The van der Waals surface area contributed by atoms with Crippen molar-refractivity contribution in [1.29, 1.82) is 0 Å². The van der Waals surface area contributed by atoms with Crippen molar-refractivity contribution in [3.05, 3.63) is 22.8 Å². The fraction of sp³-hybridized carbons (Fsp3) is 0.667. The minimum Gasteiger partial charge on any atom is -0.469 e. The van der Waals surface area contributed by atoms with E-state index >= 15 is 0 Å². The van der Waals surface area contributed by atoms with Crippen molar-refractivity contribution in [2.75, 3.05) is 7.11 Å². The number of carbonyl (C=O) groups is 1. The fourth-order valence-electron chi connectivity index (χ4n) is 2.43. The molecule has 1 aliphatic rings. The summed E-state index contributed by atoms with van der Waals surface area (Å²) >= 11 is 0. The molecular formula is C15H24O2. The third-order valence-corrected chi connectivity index (χ3v) is 3.83. The molecule has 0 radical (unpaired) electrons. The Hall–Kier alpha value is -1.05. The largest absolute Gasteiger partial charge is 0.469 e. The molecule has 0 bridgehead atoms. The van der Waals surface area contributed by atoms with Gasteiger partial charge in [0.2, 0.25) is 0 Å². The minimum absolute atomic E-state index is 0.0538. The number of esters is 1. The highest BCUT2D eigenvalue weighted by Gasteiger charge is 2.40. The maximum atomic E-state index is 12.1. The Labute approximate surface area is 105 Å². The SMILES string of the molecule is COC(=O)C1(CC=C(C)C)CCC(C)=C(C)C1. The van der Waals surface area contributed by atoms with Crippen LogP contribution in [0.1, 0.15) is 53.4 Å². The van der Waals surface area contributed by atoms with Gasteiger partial charge in [-0.25, -0.2) is 0 Å². The quantitative estimate of drug-likeness (QED) is 0.546. The molecule has 96 valence electrons. The Kier molecular flexibility index (Phi) is 4.55. The second-order valence-electron chi connectivity index (χ2n) is 5.49. The van der Waals surface area contributed by atoms with Gasteiger partial charge >= 0.3 is 5.97 Å². The molecule has 0 aromatic heterocycles. The van der Waals surface area contributed by atoms with E-state index in [1.165, 1.54) is 23.8 Å². The average Bonchev–Trinajstić information content (AvgIpc) is 2.30. The first-order valence-corrected chi connectivity index (χ1v) is 6.28. The summed E-state index contributed by atoms with van der Waals surface area (Å²) in [5.74, 6) is -0.0538. The lowest BCUT2D eigenvalue weighted by Gasteiger charge is -2.35. The predicted octanol–water partition coefficient (Wildman–Crippen LogP) is 4.02. The second kappa shape index (κ2) is 5.52. The maximum Gasteiger partial charge on any atom is 0.312 e. The molecule has 1 atom stereocenters. The van der Waals surface area contributed by atoms with Gasteiger partial charge in [0.15, 0.2) is 0 Å². The molecule has 0 aromatic carbocycles. The molecule has 0 fully saturated rings. The number of ether oxygens (including phenoxy) is 1. The van der Waals surface area contributed by atoms with Gasteiger partial charge in [-0.15, -0.1) is 0 Å². The Morgan fingerprint density at radius 3 is 2.47 bits per heavy atom. The van der Waals surface area contributed by atoms with E-state index in [-0.39, 0.29) is 11.4 Å². The lowest BCUT2D eigenvalue weighted by Crippen LogP contribution is -2.34. The highest BCUT2D eigenvalue weighted by atomic mass is 16.5. The number of hydrogen-bond acceptors (Lipinski definition) is 2. The Morgan fingerprint density at radius 1 is 1.35 bits per heavy atom. The van der Waals surface area contributed by atoms with Gasteiger partial charge in [-0.3, -0.25) is 4.79 Å². The third kappa shape index (κ3) is 3.21. The molecule has 1 unspecified atom stereocenters. The Balaban J connectivity index is 2.97. The highest BCUT2D eigenvalue weighted by Crippen LogP contribution is 2.43. The van der Waals surface area contributed by atoms with Gasteiger partial charge in [-0.2, -0.15) is 0 Å². The summed E-state index contributed by atoms with van der Waals surface area (Å²) < 4.78 is 5.02. The van der Waals surface area contributed by atoms with Crippen molar-refractivity contribution in [2.45, 2.75) is 53.4 Å². The van der Waals surface area contributed by atoms with Crippen LogP contribution < -0.4 is 0 Å². The smallest absolute Gasteiger partial charge is 0.312 e. The number of allylic oxidation sites excluding steroid dienone is 4. The van der Waals surface area contributed by atoms with Crippen LogP contribution in [0.5, 0.6) is 0 Å². The van der Waals surface area contributed by atoms with Crippen molar-refractivity contribution >= 4 is 5.97 Å². The van der Waals surface area contributed by atoms with Crippen molar-refractivity contribution in [2.24, 2.45) is 5.41 Å². The standard InChI is InChI=1S/C15H24O2/c1-11(2)6-8-15(14(16)17-5)9-7-12(3)13(4)10-15/h6H,7-10H2,1-5H3. The van der Waals surface area contributed by atoms with Crippen LogP contribution in [0.3, 0.4) is 0 Å². The summed E-state index contributed by atoms with van der Waals surface area (Å²) in [4.78, 5) is 12.1. The zero-order chi connectivity index (χ0) is 13.1. The summed E-state index contributed by atoms with van der Waals surface area (Å²) in [6.07, 6.45) is 5.72. The molecule has 0 saturated carbocycles. The van der Waals surface area contributed by atoms with E-state index in [1.807, 2.05) is 0 Å². The topological polar surface area (TPSA) is 26.3 Å². The average molecular weight is 236 g/mol. The molecule has 2 nitrogen and oxygen atoms in total. The molecule has 0 spiro atoms. The monoisotopic (exact) mass is 236 g/mol. The molecule has 1 aliphatic carbocycles. The molecule has 0 aliphatic heterocycles. The van der Waals surface area contributed by atoms with Gasteiger partial charge in [0.25, 0.3) is 0 Å². The van der Waals surface area contributed by atoms with Crippen LogP contribution in [0.4, 0.5) is 0 Å². The van der Waals surface area contributed by atoms with Crippen LogP contribution >= 0.6 is 0 Å². The first-order valence-electron chi connectivity index (χ1n) is 6.28. The van der Waals surface area contributed by atoms with Crippen molar-refractivity contribution < 1.29 is 9.53 Å². The molecule has 0 heterocycles. The van der Waals surface area contributed by atoms with E-state index in [9.17, 15) is 4.79 Å². The van der Waals surface area contributed by atoms with Gasteiger partial charge in [0.05, 0.1) is 12.5 Å². The molecule has 0 saturated heterocycles.